The van der Waals surface area contributed by atoms with Gasteiger partial charge in [-0.3, -0.25) is 71.6 Å². The minimum Gasteiger partial charge on any atom is -0.780 e. The van der Waals surface area contributed by atoms with Crippen LogP contribution in [0.3, 0.4) is 0 Å². The highest BCUT2D eigenvalue weighted by atomic mass is 32.7. The first-order valence-electron chi connectivity index (χ1n) is 38.4. The van der Waals surface area contributed by atoms with Crippen molar-refractivity contribution in [1.29, 1.82) is 0 Å². The molecule has 694 valence electrons. The predicted molar refractivity (Wildman–Crippen MR) is 450 cm³/mol. The fourth-order valence-corrected chi connectivity index (χ4v) is 23.6. The van der Waals surface area contributed by atoms with Gasteiger partial charge in [0.2, 0.25) is 17.8 Å². The van der Waals surface area contributed by atoms with Crippen LogP contribution in [0, 0.1) is 12.8 Å². The monoisotopic (exact) mass is 2010 g/mol. The molecule has 7 aliphatic rings. The molecule has 128 heavy (non-hydrogen) atoms. The molecule has 0 aromatic carbocycles. The van der Waals surface area contributed by atoms with Crippen molar-refractivity contribution in [3.8, 4) is 0 Å². The summed E-state index contributed by atoms with van der Waals surface area (Å²) >= 11 is 32.6. The molecule has 13 unspecified atom stereocenters. The number of aryl methyl sites for hydroxylation is 1. The number of fused-ring (bicyclic) bond motifs is 4. The van der Waals surface area contributed by atoms with Crippen molar-refractivity contribution in [2.24, 2.45) is 5.92 Å². The summed E-state index contributed by atoms with van der Waals surface area (Å²) < 4.78 is 130. The maximum absolute atomic E-state index is 14.9. The molecule has 0 radical (unpaired) electrons. The number of aromatic amines is 3. The Kier molecular flexibility index (Phi) is 27.9. The van der Waals surface area contributed by atoms with Crippen LogP contribution in [0.4, 0.5) is 23.5 Å². The summed E-state index contributed by atoms with van der Waals surface area (Å²) in [5.41, 5.74) is 22.0. The van der Waals surface area contributed by atoms with Crippen LogP contribution in [0.15, 0.2) is 75.0 Å². The van der Waals surface area contributed by atoms with E-state index in [1.54, 1.807) is 6.92 Å². The number of H-pyrrole nitrogens is 3. The van der Waals surface area contributed by atoms with Crippen LogP contribution >= 0.6 is 40.4 Å². The van der Waals surface area contributed by atoms with E-state index >= 15 is 0 Å². The van der Waals surface area contributed by atoms with Gasteiger partial charge < -0.3 is 142 Å². The van der Waals surface area contributed by atoms with Crippen LogP contribution < -0.4 is 75.1 Å². The second-order valence-electron chi connectivity index (χ2n) is 29.8. The maximum Gasteiger partial charge on any atom is 0.330 e. The molecule has 12 N–H and O–H groups in total. The first-order chi connectivity index (χ1) is 60.5. The molecule has 65 heteroatoms. The summed E-state index contributed by atoms with van der Waals surface area (Å²) in [6.45, 7) is -27.6. The highest BCUT2D eigenvalue weighted by Gasteiger charge is 2.50. The Hall–Kier alpha value is -6.53. The normalized spacial score (nSPS) is 30.4. The molecular formula is C63H75N23O30P6S6-6. The number of amides is 2. The first-order valence-corrected chi connectivity index (χ1v) is 53.7. The minimum atomic E-state index is -4.96. The number of imidazole rings is 4. The predicted octanol–water partition coefficient (Wildman–Crippen LogP) is -2.04. The zero-order valence-corrected chi connectivity index (χ0v) is 76.7. The zero-order chi connectivity index (χ0) is 91.2. The number of hydrogen-bond donors (Lipinski definition) is 8. The van der Waals surface area contributed by atoms with E-state index in [0.717, 1.165) is 18.0 Å². The SMILES string of the molecule is CC[C@H]1O[C@@H](n2cnc3c(=O)[nH]c(N)nc32)CC1OP([O-])(=S)OC[C@H]1O[C@@H](n2cnc3c(N)ncnc32)CC1OP(=O)([S-])OC[C@H]1O[C@@H](n2cnc3c(N)ncnc32)CC1OP([O-])(=S)OC[C@H]1O[C@@H](C2C=C(C)C(=O)NC2=O)CC1OP([O-])(=S)OC[C@H]1O[C@@H](n2cnc3c(=O)[nH]c(N)nc32)CC1OP([O-])(=S)OC[C@H]1O[C@@H](n2cc(C)c(=O)[nH]c2=O)CC1OP([O-])(=S)OC. The molecule has 0 spiro atoms. The zero-order valence-electron chi connectivity index (χ0n) is 66.5. The van der Waals surface area contributed by atoms with Gasteiger partial charge in [-0.1, -0.05) is 72.0 Å². The number of nitrogens with two attached hydrogens (primary N) is 4. The summed E-state index contributed by atoms with van der Waals surface area (Å²) in [6.07, 6.45) is -13.8. The number of imide groups is 1. The van der Waals surface area contributed by atoms with Gasteiger partial charge >= 0.3 is 5.69 Å². The maximum atomic E-state index is 14.9. The minimum absolute atomic E-state index is 0.0118. The fourth-order valence-electron chi connectivity index (χ4n) is 15.4. The fraction of sp³-hybridized carbons (Fsp3) is 0.556. The Morgan fingerprint density at radius 2 is 0.820 bits per heavy atom. The standard InChI is InChI=1S/C63H81N23O30P6S6/c1-5-28-31(8-44(106-28)85-23-74-48-54(85)76-61(66)79-59(48)90)113-119(95,125)102-16-38-34(11-43(108-38)84-22-73-47-51(65)69-20-71-53(47)84)115-122(98,128)104-17-39-33(10-42(109-39)83-21-72-46-50(64)68-19-70-52(46)83)114-120(96,126)100-14-36-30(7-29(105-36)27-6-25(2)56(87)78-58(27)89)112-118(94,124)101-18-40-35(12-45(110-40)86-24-75-49-55(86)77-62(67)80-60(49)91)116-121(97,127)103-15-37-32(111-117(93,123)99-4)9-41(107-37)82-13-26(3)57(88)81-63(82)92/h6,13,19-24,27-45H,5,7-12,14-18H2,1-4H3,(H,93,123)(H,94,124)(H,95,125)(H,96,126)(H,97,127)(H,98,128)(H2,64,68,70)(H2,65,69,71)(H,78,87,89)(H,81,88,92)(H3,66,76,79,90)(H3,67,77,80,91)/p-6/t27?,28-,29-,30?,31?,32?,33?,34?,35?,36-,37-,38-,39-,40-,41-,42-,43-,44-,45-,117?,118?,119?,120?,121?,122?/m1/s1. The molecule has 2 amide bonds. The molecule has 6 fully saturated rings. The third-order valence-corrected chi connectivity index (χ3v) is 31.0. The van der Waals surface area contributed by atoms with Gasteiger partial charge in [0.15, 0.2) is 52.1 Å². The Bertz CT molecular complexity index is 6390. The lowest BCUT2D eigenvalue weighted by molar-refractivity contribution is -0.221. The number of nitrogens with one attached hydrogen (secondary N) is 4. The number of nitrogen functional groups attached to an aromatic ring is 4. The average Bonchev–Trinajstić information content (AvgIpc) is 1.64. The number of carbonyl (C=O) groups excluding carboxylic acids is 2. The van der Waals surface area contributed by atoms with Crippen molar-refractivity contribution in [2.45, 2.75) is 176 Å². The van der Waals surface area contributed by atoms with Crippen LogP contribution in [0.2, 0.25) is 0 Å². The lowest BCUT2D eigenvalue weighted by atomic mass is 9.93. The van der Waals surface area contributed by atoms with E-state index in [9.17, 15) is 57.8 Å². The number of rotatable bonds is 35. The van der Waals surface area contributed by atoms with Crippen LogP contribution in [0.25, 0.3) is 44.7 Å². The van der Waals surface area contributed by atoms with Gasteiger partial charge in [-0.25, -0.2) is 44.7 Å². The molecule has 16 heterocycles. The average molecular weight is 2010 g/mol. The first kappa shape index (κ1) is 94.7. The van der Waals surface area contributed by atoms with Crippen LogP contribution in [-0.4, -0.2) is 219 Å². The second kappa shape index (κ2) is 37.7. The molecule has 6 saturated heterocycles. The van der Waals surface area contributed by atoms with Crippen molar-refractivity contribution in [2.75, 3.05) is 63.1 Å². The van der Waals surface area contributed by atoms with Crippen LogP contribution in [-0.2, 0) is 168 Å². The van der Waals surface area contributed by atoms with Gasteiger partial charge in [0.1, 0.15) is 119 Å². The van der Waals surface area contributed by atoms with Crippen molar-refractivity contribution >= 4 is 192 Å². The number of aromatic nitrogens is 18. The van der Waals surface area contributed by atoms with E-state index in [0.29, 0.717) is 6.42 Å². The Morgan fingerprint density at radius 3 is 1.24 bits per heavy atom. The molecule has 9 aromatic rings. The second-order valence-corrected chi connectivity index (χ2v) is 46.1. The highest BCUT2D eigenvalue weighted by Crippen LogP contribution is 2.56. The van der Waals surface area contributed by atoms with Crippen molar-refractivity contribution in [1.82, 2.24) is 92.9 Å². The summed E-state index contributed by atoms with van der Waals surface area (Å²) in [4.78, 5) is 198. The molecule has 53 nitrogen and oxygen atoms in total. The Labute approximate surface area is 749 Å². The number of nitrogens with zero attached hydrogens (tertiary/aromatic N) is 15. The van der Waals surface area contributed by atoms with E-state index in [4.69, 9.17) is 177 Å². The molecular weight excluding hydrogens is 1940 g/mol. The van der Waals surface area contributed by atoms with Crippen LogP contribution in [0.1, 0.15) is 95.5 Å². The van der Waals surface area contributed by atoms with E-state index < -0.39 is 224 Å². The van der Waals surface area contributed by atoms with Crippen molar-refractivity contribution in [3.63, 3.8) is 0 Å². The number of anilines is 4. The third kappa shape index (κ3) is 21.0. The third-order valence-electron chi connectivity index (χ3n) is 21.4. The van der Waals surface area contributed by atoms with Gasteiger partial charge in [-0.2, -0.15) is 9.97 Å². The van der Waals surface area contributed by atoms with Crippen molar-refractivity contribution in [3.05, 3.63) is 103 Å². The lowest BCUT2D eigenvalue weighted by Crippen LogP contribution is -2.44. The molecule has 0 bridgehead atoms. The molecule has 25 atom stereocenters. The van der Waals surface area contributed by atoms with E-state index in [1.165, 1.54) is 76.0 Å². The van der Waals surface area contributed by atoms with Gasteiger partial charge in [0.25, 0.3) is 22.6 Å². The molecule has 16 rings (SSSR count). The highest BCUT2D eigenvalue weighted by molar-refractivity contribution is 8.32. The van der Waals surface area contributed by atoms with Gasteiger partial charge in [-0.05, 0) is 20.3 Å². The summed E-state index contributed by atoms with van der Waals surface area (Å²) in [6, 6.07) is 0. The van der Waals surface area contributed by atoms with Gasteiger partial charge in [0.05, 0.1) is 113 Å². The molecule has 0 saturated carbocycles. The summed E-state index contributed by atoms with van der Waals surface area (Å²) in [5.74, 6) is -3.24. The molecule has 7 aliphatic heterocycles. The van der Waals surface area contributed by atoms with Gasteiger partial charge in [0, 0.05) is 63.0 Å². The Morgan fingerprint density at radius 1 is 0.461 bits per heavy atom. The molecule has 0 aliphatic carbocycles. The van der Waals surface area contributed by atoms with E-state index in [1.807, 2.05) is 0 Å². The van der Waals surface area contributed by atoms with Gasteiger partial charge in [-0.15, -0.1) is 0 Å². The number of hydrogen-bond acceptors (Lipinski definition) is 50. The van der Waals surface area contributed by atoms with E-state index in [2.05, 4.69) is 70.1 Å². The lowest BCUT2D eigenvalue weighted by Gasteiger charge is -2.36. The topological polar surface area (TPSA) is 718 Å². The van der Waals surface area contributed by atoms with Crippen molar-refractivity contribution < 1.29 is 121 Å². The summed E-state index contributed by atoms with van der Waals surface area (Å²) in [7, 11) is 1.03. The quantitative estimate of drug-likeness (QED) is 0.0121. The van der Waals surface area contributed by atoms with Crippen LogP contribution in [0.5, 0.6) is 0 Å². The smallest absolute Gasteiger partial charge is 0.330 e. The Balaban J connectivity index is 0.612. The number of carbonyl (C=O) groups is 2. The van der Waals surface area contributed by atoms with E-state index in [-0.39, 0.29) is 118 Å². The largest absolute Gasteiger partial charge is 0.780 e. The molecule has 9 aromatic heterocycles. The summed E-state index contributed by atoms with van der Waals surface area (Å²) in [5, 5.41) is 2.24. The number of ether oxygens (including phenoxy) is 6.